The first kappa shape index (κ1) is 9.58. The van der Waals surface area contributed by atoms with Crippen LogP contribution in [0.3, 0.4) is 0 Å². The molecule has 0 amide bonds. The topological polar surface area (TPSA) is 47.3 Å². The lowest BCUT2D eigenvalue weighted by molar-refractivity contribution is 0.208. The van der Waals surface area contributed by atoms with Gasteiger partial charge in [0.15, 0.2) is 6.23 Å². The fourth-order valence-electron chi connectivity index (χ4n) is 1.29. The Labute approximate surface area is 87.0 Å². The van der Waals surface area contributed by atoms with Crippen LogP contribution >= 0.6 is 0 Å². The molecule has 3 N–H and O–H groups in total. The lowest BCUT2D eigenvalue weighted by Crippen LogP contribution is -2.20. The maximum absolute atomic E-state index is 12.8. The Hall–Kier alpha value is -1.97. The molecule has 1 heterocycles. The molecule has 0 bridgehead atoms. The van der Waals surface area contributed by atoms with E-state index in [9.17, 15) is 4.39 Å². The van der Waals surface area contributed by atoms with Crippen LogP contribution in [-0.4, -0.2) is 6.23 Å². The Morgan fingerprint density at radius 1 is 1.33 bits per heavy atom. The van der Waals surface area contributed by atoms with Gasteiger partial charge in [0.25, 0.3) is 0 Å². The highest BCUT2D eigenvalue weighted by Gasteiger charge is 2.07. The van der Waals surface area contributed by atoms with Gasteiger partial charge in [-0.2, -0.15) is 0 Å². The van der Waals surface area contributed by atoms with Crippen LogP contribution in [0.25, 0.3) is 0 Å². The van der Waals surface area contributed by atoms with Crippen LogP contribution in [-0.2, 0) is 4.74 Å². The number of nitrogens with one attached hydrogen (secondary N) is 1. The molecule has 1 aliphatic rings. The largest absolute Gasteiger partial charge is 0.475 e. The Morgan fingerprint density at radius 2 is 2.20 bits per heavy atom. The molecule has 0 aliphatic carbocycles. The number of allylic oxidation sites excluding steroid dienone is 2. The second-order valence-corrected chi connectivity index (χ2v) is 3.15. The van der Waals surface area contributed by atoms with Crippen molar-refractivity contribution in [2.45, 2.75) is 6.23 Å². The molecule has 4 heteroatoms. The van der Waals surface area contributed by atoms with Gasteiger partial charge in [-0.3, -0.25) is 0 Å². The van der Waals surface area contributed by atoms with E-state index in [4.69, 9.17) is 10.5 Å². The Bertz CT molecular complexity index is 415. The zero-order chi connectivity index (χ0) is 10.7. The monoisotopic (exact) mass is 206 g/mol. The first-order valence-electron chi connectivity index (χ1n) is 4.56. The molecule has 78 valence electrons. The van der Waals surface area contributed by atoms with Gasteiger partial charge >= 0.3 is 0 Å². The van der Waals surface area contributed by atoms with Crippen molar-refractivity contribution in [2.75, 3.05) is 11.1 Å². The minimum atomic E-state index is -0.349. The average Bonchev–Trinajstić information content (AvgIpc) is 2.24. The molecule has 1 unspecified atom stereocenters. The summed E-state index contributed by atoms with van der Waals surface area (Å²) in [5, 5.41) is 3.02. The fraction of sp³-hybridized carbons (Fsp3) is 0.0909. The second-order valence-electron chi connectivity index (χ2n) is 3.15. The lowest BCUT2D eigenvalue weighted by Gasteiger charge is -2.18. The van der Waals surface area contributed by atoms with E-state index in [1.807, 2.05) is 12.2 Å². The second kappa shape index (κ2) is 4.04. The molecular formula is C11H11FN2O. The summed E-state index contributed by atoms with van der Waals surface area (Å²) < 4.78 is 18.0. The lowest BCUT2D eigenvalue weighted by atomic mass is 10.2. The molecule has 1 aromatic carbocycles. The molecule has 2 rings (SSSR count). The first-order chi connectivity index (χ1) is 7.25. The van der Waals surface area contributed by atoms with Crippen LogP contribution in [0.1, 0.15) is 0 Å². The van der Waals surface area contributed by atoms with Crippen molar-refractivity contribution in [1.29, 1.82) is 0 Å². The third kappa shape index (κ3) is 2.28. The number of benzene rings is 1. The molecule has 0 spiro atoms. The predicted octanol–water partition coefficient (Wildman–Crippen LogP) is 2.25. The van der Waals surface area contributed by atoms with E-state index in [2.05, 4.69) is 5.32 Å². The molecule has 15 heavy (non-hydrogen) atoms. The third-order valence-corrected chi connectivity index (χ3v) is 2.01. The van der Waals surface area contributed by atoms with Gasteiger partial charge in [0, 0.05) is 0 Å². The van der Waals surface area contributed by atoms with Crippen molar-refractivity contribution in [2.24, 2.45) is 0 Å². The quantitative estimate of drug-likeness (QED) is 0.729. The zero-order valence-corrected chi connectivity index (χ0v) is 7.98. The van der Waals surface area contributed by atoms with Crippen molar-refractivity contribution < 1.29 is 9.13 Å². The van der Waals surface area contributed by atoms with E-state index < -0.39 is 0 Å². The summed E-state index contributed by atoms with van der Waals surface area (Å²) in [5.74, 6) is -0.349. The molecule has 0 radical (unpaired) electrons. The Kier molecular flexibility index (Phi) is 2.58. The summed E-state index contributed by atoms with van der Waals surface area (Å²) >= 11 is 0. The Balaban J connectivity index is 2.10. The number of anilines is 2. The smallest absolute Gasteiger partial charge is 0.188 e. The molecular weight excluding hydrogens is 195 g/mol. The number of hydrogen-bond acceptors (Lipinski definition) is 3. The number of nitrogen functional groups attached to an aromatic ring is 1. The molecule has 0 saturated heterocycles. The minimum Gasteiger partial charge on any atom is -0.475 e. The van der Waals surface area contributed by atoms with E-state index >= 15 is 0 Å². The average molecular weight is 206 g/mol. The van der Waals surface area contributed by atoms with E-state index in [-0.39, 0.29) is 12.0 Å². The molecule has 0 aromatic heterocycles. The van der Waals surface area contributed by atoms with Crippen LogP contribution in [0, 0.1) is 5.82 Å². The Morgan fingerprint density at radius 3 is 2.87 bits per heavy atom. The number of nitrogens with two attached hydrogens (primary N) is 1. The van der Waals surface area contributed by atoms with Crippen molar-refractivity contribution in [3.05, 3.63) is 48.5 Å². The number of rotatable bonds is 2. The molecule has 0 fully saturated rings. The van der Waals surface area contributed by atoms with Gasteiger partial charge in [-0.05, 0) is 30.4 Å². The molecule has 0 saturated carbocycles. The van der Waals surface area contributed by atoms with E-state index in [1.54, 1.807) is 18.4 Å². The SMILES string of the molecule is Nc1cc(F)ccc1NC1C=CC=CO1. The first-order valence-corrected chi connectivity index (χ1v) is 4.56. The fourth-order valence-corrected chi connectivity index (χ4v) is 1.29. The van der Waals surface area contributed by atoms with Gasteiger partial charge in [-0.25, -0.2) is 4.39 Å². The van der Waals surface area contributed by atoms with Crippen molar-refractivity contribution in [1.82, 2.24) is 0 Å². The van der Waals surface area contributed by atoms with Gasteiger partial charge in [0.2, 0.25) is 0 Å². The predicted molar refractivity (Wildman–Crippen MR) is 57.6 cm³/mol. The van der Waals surface area contributed by atoms with Crippen molar-refractivity contribution in [3.63, 3.8) is 0 Å². The molecule has 1 aliphatic heterocycles. The summed E-state index contributed by atoms with van der Waals surface area (Å²) in [6.45, 7) is 0. The van der Waals surface area contributed by atoms with Gasteiger partial charge in [-0.1, -0.05) is 6.08 Å². The normalized spacial score (nSPS) is 18.6. The van der Waals surface area contributed by atoms with E-state index in [1.165, 1.54) is 12.1 Å². The zero-order valence-electron chi connectivity index (χ0n) is 7.98. The van der Waals surface area contributed by atoms with Crippen LogP contribution < -0.4 is 11.1 Å². The summed E-state index contributed by atoms with van der Waals surface area (Å²) in [7, 11) is 0. The number of hydrogen-bond donors (Lipinski definition) is 2. The highest BCUT2D eigenvalue weighted by molar-refractivity contribution is 5.66. The van der Waals surface area contributed by atoms with Crippen LogP contribution in [0.2, 0.25) is 0 Å². The van der Waals surface area contributed by atoms with Gasteiger partial charge in [0.1, 0.15) is 5.82 Å². The maximum Gasteiger partial charge on any atom is 0.188 e. The molecule has 1 atom stereocenters. The number of halogens is 1. The standard InChI is InChI=1S/C11H11FN2O/c12-8-4-5-10(9(13)7-8)14-11-3-1-2-6-15-11/h1-7,11,14H,13H2. The summed E-state index contributed by atoms with van der Waals surface area (Å²) in [5.41, 5.74) is 6.65. The highest BCUT2D eigenvalue weighted by atomic mass is 19.1. The van der Waals surface area contributed by atoms with E-state index in [0.717, 1.165) is 0 Å². The van der Waals surface area contributed by atoms with E-state index in [0.29, 0.717) is 11.4 Å². The van der Waals surface area contributed by atoms with Crippen LogP contribution in [0.5, 0.6) is 0 Å². The minimum absolute atomic E-state index is 0.261. The van der Waals surface area contributed by atoms with Crippen LogP contribution in [0.4, 0.5) is 15.8 Å². The third-order valence-electron chi connectivity index (χ3n) is 2.01. The van der Waals surface area contributed by atoms with Gasteiger partial charge in [-0.15, -0.1) is 0 Å². The van der Waals surface area contributed by atoms with Crippen LogP contribution in [0.15, 0.2) is 42.7 Å². The molecule has 1 aromatic rings. The van der Waals surface area contributed by atoms with Gasteiger partial charge in [0.05, 0.1) is 17.6 Å². The summed E-state index contributed by atoms with van der Waals surface area (Å²) in [6.07, 6.45) is 6.80. The highest BCUT2D eigenvalue weighted by Crippen LogP contribution is 2.20. The molecule has 3 nitrogen and oxygen atoms in total. The number of ether oxygens (including phenoxy) is 1. The van der Waals surface area contributed by atoms with Crippen molar-refractivity contribution in [3.8, 4) is 0 Å². The summed E-state index contributed by atoms with van der Waals surface area (Å²) in [6, 6.07) is 4.20. The maximum atomic E-state index is 12.8. The van der Waals surface area contributed by atoms with Crippen molar-refractivity contribution >= 4 is 11.4 Å². The summed E-state index contributed by atoms with van der Waals surface area (Å²) in [4.78, 5) is 0. The van der Waals surface area contributed by atoms with Gasteiger partial charge < -0.3 is 15.8 Å².